The minimum Gasteiger partial charge on any atom is -0.311 e. The summed E-state index contributed by atoms with van der Waals surface area (Å²) in [6.45, 7) is 0. The Morgan fingerprint density at radius 3 is 2.27 bits per heavy atom. The quantitative estimate of drug-likeness (QED) is 0.527. The molecule has 5 heteroatoms. The molecule has 4 rings (SSSR count). The molecule has 0 radical (unpaired) electrons. The van der Waals surface area contributed by atoms with E-state index in [-0.39, 0.29) is 0 Å². The maximum absolute atomic E-state index is 13.1. The summed E-state index contributed by atoms with van der Waals surface area (Å²) >= 11 is 0. The minimum atomic E-state index is -0.789. The molecule has 0 aromatic heterocycles. The van der Waals surface area contributed by atoms with E-state index < -0.39 is 23.9 Å². The van der Waals surface area contributed by atoms with Gasteiger partial charge in [-0.2, -0.15) is 4.90 Å². The summed E-state index contributed by atoms with van der Waals surface area (Å²) in [7, 11) is 1.54. The molecule has 128 valence electrons. The number of carbonyl (C=O) groups is 3. The third kappa shape index (κ3) is 2.37. The molecule has 4 amide bonds. The van der Waals surface area contributed by atoms with Gasteiger partial charge in [-0.15, -0.1) is 0 Å². The van der Waals surface area contributed by atoms with Crippen molar-refractivity contribution < 1.29 is 14.4 Å². The molecule has 1 atom stereocenters. The van der Waals surface area contributed by atoms with Gasteiger partial charge in [0.2, 0.25) is 0 Å². The summed E-state index contributed by atoms with van der Waals surface area (Å²) in [4.78, 5) is 40.7. The zero-order valence-corrected chi connectivity index (χ0v) is 14.1. The van der Waals surface area contributed by atoms with Gasteiger partial charge in [0.05, 0.1) is 0 Å². The molecule has 1 fully saturated rings. The van der Waals surface area contributed by atoms with E-state index in [1.807, 2.05) is 36.4 Å². The van der Waals surface area contributed by atoms with Crippen molar-refractivity contribution in [3.8, 4) is 0 Å². The molecule has 0 spiro atoms. The molecular formula is C21H16N2O3. The van der Waals surface area contributed by atoms with Crippen LogP contribution in [0.25, 0.3) is 10.8 Å². The lowest BCUT2D eigenvalue weighted by Crippen LogP contribution is -2.37. The van der Waals surface area contributed by atoms with Crippen molar-refractivity contribution in [2.75, 3.05) is 7.05 Å². The van der Waals surface area contributed by atoms with Crippen molar-refractivity contribution in [1.29, 1.82) is 0 Å². The Labute approximate surface area is 150 Å². The molecule has 0 bridgehead atoms. The molecule has 1 aliphatic heterocycles. The Morgan fingerprint density at radius 2 is 1.50 bits per heavy atom. The molecule has 5 nitrogen and oxygen atoms in total. The van der Waals surface area contributed by atoms with Crippen molar-refractivity contribution in [2.24, 2.45) is 0 Å². The van der Waals surface area contributed by atoms with Crippen molar-refractivity contribution >= 4 is 28.6 Å². The lowest BCUT2D eigenvalue weighted by molar-refractivity contribution is -0.126. The molecule has 26 heavy (non-hydrogen) atoms. The van der Waals surface area contributed by atoms with Crippen LogP contribution in [0.4, 0.5) is 4.79 Å². The van der Waals surface area contributed by atoms with E-state index in [1.165, 1.54) is 11.9 Å². The van der Waals surface area contributed by atoms with Crippen molar-refractivity contribution in [3.05, 3.63) is 83.9 Å². The van der Waals surface area contributed by atoms with Crippen LogP contribution in [0.1, 0.15) is 22.0 Å². The number of hydrogen-bond donors (Lipinski definition) is 0. The zero-order valence-electron chi connectivity index (χ0n) is 14.1. The number of amides is 4. The Kier molecular flexibility index (Phi) is 3.77. The predicted molar refractivity (Wildman–Crippen MR) is 97.5 cm³/mol. The summed E-state index contributed by atoms with van der Waals surface area (Å²) in [5, 5.41) is 1.59. The number of benzene rings is 3. The lowest BCUT2D eigenvalue weighted by atomic mass is 10.0. The fraction of sp³-hybridized carbons (Fsp3) is 0.0952. The van der Waals surface area contributed by atoms with Gasteiger partial charge < -0.3 is 4.90 Å². The van der Waals surface area contributed by atoms with Crippen LogP contribution in [0.2, 0.25) is 0 Å². The Balaban J connectivity index is 1.76. The Morgan fingerprint density at radius 1 is 0.846 bits per heavy atom. The minimum absolute atomic E-state index is 0.340. The van der Waals surface area contributed by atoms with E-state index in [2.05, 4.69) is 0 Å². The summed E-state index contributed by atoms with van der Waals surface area (Å²) in [5.74, 6) is -1.12. The highest BCUT2D eigenvalue weighted by atomic mass is 16.2. The van der Waals surface area contributed by atoms with Crippen LogP contribution in [0.15, 0.2) is 72.8 Å². The van der Waals surface area contributed by atoms with Gasteiger partial charge in [0.25, 0.3) is 11.8 Å². The standard InChI is InChI=1S/C21H16N2O3/c1-22-18(15-9-3-2-4-10-15)20(25)23(21(22)26)19(24)17-13-7-11-14-8-5-6-12-16(14)17/h2-13,18H,1H3. The van der Waals surface area contributed by atoms with Crippen LogP contribution in [-0.2, 0) is 4.79 Å². The van der Waals surface area contributed by atoms with E-state index in [0.717, 1.165) is 10.3 Å². The van der Waals surface area contributed by atoms with Gasteiger partial charge in [-0.1, -0.05) is 66.7 Å². The zero-order chi connectivity index (χ0) is 18.3. The largest absolute Gasteiger partial charge is 0.334 e. The maximum atomic E-state index is 13.1. The molecule has 1 aliphatic rings. The number of hydrogen-bond acceptors (Lipinski definition) is 3. The summed E-state index contributed by atoms with van der Waals surface area (Å²) in [6.07, 6.45) is 0. The number of fused-ring (bicyclic) bond motifs is 1. The average Bonchev–Trinajstić information content (AvgIpc) is 2.90. The fourth-order valence-electron chi connectivity index (χ4n) is 3.37. The summed E-state index contributed by atoms with van der Waals surface area (Å²) < 4.78 is 0. The summed E-state index contributed by atoms with van der Waals surface area (Å²) in [5.41, 5.74) is 1.02. The number of urea groups is 1. The van der Waals surface area contributed by atoms with Gasteiger partial charge in [0.15, 0.2) is 0 Å². The second kappa shape index (κ2) is 6.11. The first-order valence-electron chi connectivity index (χ1n) is 8.27. The van der Waals surface area contributed by atoms with Crippen LogP contribution in [0, 0.1) is 0 Å². The number of carbonyl (C=O) groups excluding carboxylic acids is 3. The van der Waals surface area contributed by atoms with Gasteiger partial charge >= 0.3 is 6.03 Å². The molecule has 0 saturated carbocycles. The topological polar surface area (TPSA) is 57.7 Å². The van der Waals surface area contributed by atoms with Crippen LogP contribution in [0.5, 0.6) is 0 Å². The second-order valence-corrected chi connectivity index (χ2v) is 6.21. The number of nitrogens with zero attached hydrogens (tertiary/aromatic N) is 2. The Bertz CT molecular complexity index is 1020. The van der Waals surface area contributed by atoms with E-state index >= 15 is 0 Å². The van der Waals surface area contributed by atoms with Crippen molar-refractivity contribution in [1.82, 2.24) is 9.80 Å². The fourth-order valence-corrected chi connectivity index (χ4v) is 3.37. The van der Waals surface area contributed by atoms with E-state index in [0.29, 0.717) is 16.5 Å². The van der Waals surface area contributed by atoms with Gasteiger partial charge in [-0.05, 0) is 22.4 Å². The van der Waals surface area contributed by atoms with E-state index in [1.54, 1.807) is 36.4 Å². The first-order chi connectivity index (χ1) is 12.6. The van der Waals surface area contributed by atoms with Gasteiger partial charge in [-0.3, -0.25) is 9.59 Å². The molecule has 0 aliphatic carbocycles. The second-order valence-electron chi connectivity index (χ2n) is 6.21. The number of rotatable bonds is 2. The third-order valence-electron chi connectivity index (χ3n) is 4.67. The third-order valence-corrected chi connectivity index (χ3v) is 4.67. The highest BCUT2D eigenvalue weighted by molar-refractivity contribution is 6.23. The first kappa shape index (κ1) is 16.0. The Hall–Kier alpha value is -3.47. The van der Waals surface area contributed by atoms with Gasteiger partial charge in [0, 0.05) is 12.6 Å². The SMILES string of the molecule is CN1C(=O)N(C(=O)c2cccc3ccccc23)C(=O)C1c1ccccc1. The highest BCUT2D eigenvalue weighted by Crippen LogP contribution is 2.31. The smallest absolute Gasteiger partial charge is 0.311 e. The van der Waals surface area contributed by atoms with Crippen LogP contribution < -0.4 is 0 Å². The molecule has 1 saturated heterocycles. The van der Waals surface area contributed by atoms with Crippen LogP contribution in [-0.4, -0.2) is 34.7 Å². The molecule has 3 aromatic carbocycles. The highest BCUT2D eigenvalue weighted by Gasteiger charge is 2.47. The maximum Gasteiger partial charge on any atom is 0.334 e. The van der Waals surface area contributed by atoms with E-state index in [9.17, 15) is 14.4 Å². The van der Waals surface area contributed by atoms with Gasteiger partial charge in [-0.25, -0.2) is 4.79 Å². The summed E-state index contributed by atoms with van der Waals surface area (Å²) in [6, 6.07) is 20.3. The van der Waals surface area contributed by atoms with Crippen LogP contribution >= 0.6 is 0 Å². The van der Waals surface area contributed by atoms with Crippen molar-refractivity contribution in [2.45, 2.75) is 6.04 Å². The number of imide groups is 3. The van der Waals surface area contributed by atoms with Crippen LogP contribution in [0.3, 0.4) is 0 Å². The molecular weight excluding hydrogens is 328 g/mol. The monoisotopic (exact) mass is 344 g/mol. The lowest BCUT2D eigenvalue weighted by Gasteiger charge is -2.15. The average molecular weight is 344 g/mol. The predicted octanol–water partition coefficient (Wildman–Crippen LogP) is 3.62. The molecule has 0 N–H and O–H groups in total. The normalized spacial score (nSPS) is 17.2. The molecule has 1 heterocycles. The molecule has 3 aromatic rings. The van der Waals surface area contributed by atoms with Gasteiger partial charge in [0.1, 0.15) is 6.04 Å². The number of likely N-dealkylation sites (N-methyl/N-ethyl adjacent to an activating group) is 1. The first-order valence-corrected chi connectivity index (χ1v) is 8.27. The van der Waals surface area contributed by atoms with E-state index in [4.69, 9.17) is 0 Å². The van der Waals surface area contributed by atoms with Crippen molar-refractivity contribution in [3.63, 3.8) is 0 Å². The molecule has 1 unspecified atom stereocenters.